The third-order valence-electron chi connectivity index (χ3n) is 4.55. The quantitative estimate of drug-likeness (QED) is 0.854. The minimum Gasteiger partial charge on any atom is -0.507 e. The number of hydrogen-bond acceptors (Lipinski definition) is 3. The maximum Gasteiger partial charge on any atom is 0.124 e. The highest BCUT2D eigenvalue weighted by Crippen LogP contribution is 2.31. The van der Waals surface area contributed by atoms with Gasteiger partial charge in [0.25, 0.3) is 0 Å². The Labute approximate surface area is 122 Å². The van der Waals surface area contributed by atoms with Crippen molar-refractivity contribution in [1.29, 1.82) is 0 Å². The van der Waals surface area contributed by atoms with Crippen molar-refractivity contribution in [3.8, 4) is 11.5 Å². The molecule has 1 aliphatic rings. The second-order valence-corrected chi connectivity index (χ2v) is 5.95. The fourth-order valence-electron chi connectivity index (χ4n) is 3.27. The first-order chi connectivity index (χ1) is 9.63. The number of phenolic OH excluding ortho intramolecular Hbond substituents is 1. The molecule has 112 valence electrons. The maximum absolute atomic E-state index is 10.1. The van der Waals surface area contributed by atoms with Gasteiger partial charge in [0, 0.05) is 23.7 Å². The second kappa shape index (κ2) is 6.98. The lowest BCUT2D eigenvalue weighted by Gasteiger charge is -2.31. The summed E-state index contributed by atoms with van der Waals surface area (Å²) in [5.74, 6) is 1.87. The largest absolute Gasteiger partial charge is 0.507 e. The SMILES string of the molecule is CCC1CCCC(NC(C)c2ccc(OC)cc2O)C1. The Bertz CT molecular complexity index is 433. The first-order valence-corrected chi connectivity index (χ1v) is 7.77. The van der Waals surface area contributed by atoms with Crippen molar-refractivity contribution < 1.29 is 9.84 Å². The van der Waals surface area contributed by atoms with Gasteiger partial charge in [-0.05, 0) is 31.7 Å². The van der Waals surface area contributed by atoms with E-state index < -0.39 is 0 Å². The van der Waals surface area contributed by atoms with Gasteiger partial charge < -0.3 is 15.2 Å². The topological polar surface area (TPSA) is 41.5 Å². The number of hydrogen-bond donors (Lipinski definition) is 2. The first kappa shape index (κ1) is 15.2. The van der Waals surface area contributed by atoms with Crippen LogP contribution in [-0.2, 0) is 0 Å². The lowest BCUT2D eigenvalue weighted by molar-refractivity contribution is 0.264. The number of methoxy groups -OCH3 is 1. The van der Waals surface area contributed by atoms with Crippen molar-refractivity contribution >= 4 is 0 Å². The number of phenols is 1. The number of ether oxygens (including phenoxy) is 1. The minimum absolute atomic E-state index is 0.168. The molecular formula is C17H27NO2. The molecule has 2 rings (SSSR count). The molecule has 0 aromatic heterocycles. The predicted molar refractivity (Wildman–Crippen MR) is 82.2 cm³/mol. The van der Waals surface area contributed by atoms with Crippen molar-refractivity contribution in [3.05, 3.63) is 23.8 Å². The van der Waals surface area contributed by atoms with Crippen molar-refractivity contribution in [2.75, 3.05) is 7.11 Å². The monoisotopic (exact) mass is 277 g/mol. The van der Waals surface area contributed by atoms with Crippen LogP contribution in [0.25, 0.3) is 0 Å². The Balaban J connectivity index is 1.99. The van der Waals surface area contributed by atoms with Crippen molar-refractivity contribution in [2.24, 2.45) is 5.92 Å². The molecule has 0 saturated heterocycles. The molecule has 1 fully saturated rings. The molecule has 1 saturated carbocycles. The fraction of sp³-hybridized carbons (Fsp3) is 0.647. The molecule has 0 amide bonds. The molecule has 1 aliphatic carbocycles. The fourth-order valence-corrected chi connectivity index (χ4v) is 3.27. The molecule has 0 spiro atoms. The summed E-state index contributed by atoms with van der Waals surface area (Å²) < 4.78 is 5.13. The highest BCUT2D eigenvalue weighted by Gasteiger charge is 2.23. The highest BCUT2D eigenvalue weighted by atomic mass is 16.5. The first-order valence-electron chi connectivity index (χ1n) is 7.77. The van der Waals surface area contributed by atoms with Crippen LogP contribution < -0.4 is 10.1 Å². The summed E-state index contributed by atoms with van der Waals surface area (Å²) in [5.41, 5.74) is 0.949. The molecule has 20 heavy (non-hydrogen) atoms. The van der Waals surface area contributed by atoms with Gasteiger partial charge in [-0.2, -0.15) is 0 Å². The molecule has 0 heterocycles. The van der Waals surface area contributed by atoms with Crippen LogP contribution in [0, 0.1) is 5.92 Å². The van der Waals surface area contributed by atoms with Crippen LogP contribution in [0.2, 0.25) is 0 Å². The lowest BCUT2D eigenvalue weighted by atomic mass is 9.84. The number of nitrogens with one attached hydrogen (secondary N) is 1. The van der Waals surface area contributed by atoms with E-state index in [1.54, 1.807) is 13.2 Å². The van der Waals surface area contributed by atoms with Gasteiger partial charge in [0.05, 0.1) is 7.11 Å². The molecule has 2 N–H and O–H groups in total. The Kier molecular flexibility index (Phi) is 5.30. The number of benzene rings is 1. The van der Waals surface area contributed by atoms with Crippen LogP contribution >= 0.6 is 0 Å². The molecule has 3 atom stereocenters. The minimum atomic E-state index is 0.168. The predicted octanol–water partition coefficient (Wildman–Crippen LogP) is 4.02. The van der Waals surface area contributed by atoms with E-state index >= 15 is 0 Å². The van der Waals surface area contributed by atoms with E-state index in [2.05, 4.69) is 19.2 Å². The Morgan fingerprint density at radius 1 is 1.40 bits per heavy atom. The van der Waals surface area contributed by atoms with E-state index in [1.165, 1.54) is 32.1 Å². The van der Waals surface area contributed by atoms with E-state index in [1.807, 2.05) is 12.1 Å². The lowest BCUT2D eigenvalue weighted by Crippen LogP contribution is -2.35. The average Bonchev–Trinajstić information content (AvgIpc) is 2.47. The van der Waals surface area contributed by atoms with E-state index in [0.29, 0.717) is 17.5 Å². The van der Waals surface area contributed by atoms with Gasteiger partial charge in [-0.15, -0.1) is 0 Å². The molecule has 0 radical (unpaired) electrons. The van der Waals surface area contributed by atoms with Gasteiger partial charge in [-0.1, -0.05) is 32.3 Å². The third kappa shape index (κ3) is 3.66. The standard InChI is InChI=1S/C17H27NO2/c1-4-13-6-5-7-14(10-13)18-12(2)16-9-8-15(20-3)11-17(16)19/h8-9,11-14,18-19H,4-7,10H2,1-3H3. The van der Waals surface area contributed by atoms with E-state index in [-0.39, 0.29) is 6.04 Å². The van der Waals surface area contributed by atoms with Crippen LogP contribution in [0.5, 0.6) is 11.5 Å². The molecule has 0 bridgehead atoms. The van der Waals surface area contributed by atoms with Crippen LogP contribution in [0.15, 0.2) is 18.2 Å². The molecule has 3 nitrogen and oxygen atoms in total. The maximum atomic E-state index is 10.1. The van der Waals surface area contributed by atoms with E-state index in [0.717, 1.165) is 11.5 Å². The van der Waals surface area contributed by atoms with Gasteiger partial charge in [0.15, 0.2) is 0 Å². The van der Waals surface area contributed by atoms with Crippen LogP contribution in [-0.4, -0.2) is 18.3 Å². The van der Waals surface area contributed by atoms with Gasteiger partial charge >= 0.3 is 0 Å². The summed E-state index contributed by atoms with van der Waals surface area (Å²) in [6.45, 7) is 4.41. The summed E-state index contributed by atoms with van der Waals surface area (Å²) in [6.07, 6.45) is 6.48. The second-order valence-electron chi connectivity index (χ2n) is 5.95. The molecule has 1 aromatic carbocycles. The van der Waals surface area contributed by atoms with Crippen LogP contribution in [0.1, 0.15) is 57.6 Å². The molecule has 1 aromatic rings. The smallest absolute Gasteiger partial charge is 0.124 e. The zero-order valence-electron chi connectivity index (χ0n) is 12.9. The van der Waals surface area contributed by atoms with Gasteiger partial charge in [0.2, 0.25) is 0 Å². The summed E-state index contributed by atoms with van der Waals surface area (Å²) >= 11 is 0. The van der Waals surface area contributed by atoms with Crippen molar-refractivity contribution in [3.63, 3.8) is 0 Å². The summed E-state index contributed by atoms with van der Waals surface area (Å²) in [5, 5.41) is 13.8. The van der Waals surface area contributed by atoms with Crippen molar-refractivity contribution in [2.45, 2.75) is 58.0 Å². The molecular weight excluding hydrogens is 250 g/mol. The van der Waals surface area contributed by atoms with E-state index in [9.17, 15) is 5.11 Å². The Hall–Kier alpha value is -1.22. The Morgan fingerprint density at radius 3 is 2.85 bits per heavy atom. The highest BCUT2D eigenvalue weighted by molar-refractivity contribution is 5.41. The normalized spacial score (nSPS) is 24.4. The van der Waals surface area contributed by atoms with Crippen molar-refractivity contribution in [1.82, 2.24) is 5.32 Å². The van der Waals surface area contributed by atoms with E-state index in [4.69, 9.17) is 4.74 Å². The van der Waals surface area contributed by atoms with Gasteiger partial charge in [-0.3, -0.25) is 0 Å². The third-order valence-corrected chi connectivity index (χ3v) is 4.55. The molecule has 0 aliphatic heterocycles. The average molecular weight is 277 g/mol. The van der Waals surface area contributed by atoms with Crippen LogP contribution in [0.3, 0.4) is 0 Å². The zero-order valence-corrected chi connectivity index (χ0v) is 12.9. The van der Waals surface area contributed by atoms with Gasteiger partial charge in [-0.25, -0.2) is 0 Å². The summed E-state index contributed by atoms with van der Waals surface area (Å²) in [7, 11) is 1.61. The zero-order chi connectivity index (χ0) is 14.5. The van der Waals surface area contributed by atoms with Gasteiger partial charge in [0.1, 0.15) is 11.5 Å². The number of aromatic hydroxyl groups is 1. The summed E-state index contributed by atoms with van der Waals surface area (Å²) in [4.78, 5) is 0. The summed E-state index contributed by atoms with van der Waals surface area (Å²) in [6, 6.07) is 6.28. The Morgan fingerprint density at radius 2 is 2.20 bits per heavy atom. The molecule has 3 heteroatoms. The molecule has 3 unspecified atom stereocenters. The van der Waals surface area contributed by atoms with Crippen LogP contribution in [0.4, 0.5) is 0 Å². The number of rotatable bonds is 5.